The molecule has 2 N–H and O–H groups in total. The highest BCUT2D eigenvalue weighted by atomic mass is 32.1. The number of nitrogens with zero attached hydrogens (tertiary/aromatic N) is 1. The Balaban J connectivity index is 1.42. The maximum atomic E-state index is 5.63. The number of fused-ring (bicyclic) bond motifs is 3. The normalized spacial score (nSPS) is 29.6. The Bertz CT molecular complexity index is 551. The molecule has 22 heavy (non-hydrogen) atoms. The molecule has 1 aromatic carbocycles. The summed E-state index contributed by atoms with van der Waals surface area (Å²) in [5.74, 6) is 4.11. The summed E-state index contributed by atoms with van der Waals surface area (Å²) in [7, 11) is 0. The lowest BCUT2D eigenvalue weighted by molar-refractivity contribution is 0.0248. The second-order valence-electron chi connectivity index (χ2n) is 6.26. The quantitative estimate of drug-likeness (QED) is 0.657. The van der Waals surface area contributed by atoms with Crippen molar-refractivity contribution in [3.8, 4) is 12.3 Å². The van der Waals surface area contributed by atoms with Gasteiger partial charge in [-0.2, -0.15) is 0 Å². The van der Waals surface area contributed by atoms with Crippen molar-refractivity contribution >= 4 is 17.3 Å². The smallest absolute Gasteiger partial charge is 0.166 e. The molecule has 1 aromatic rings. The first-order chi connectivity index (χ1) is 10.8. The average molecular weight is 313 g/mol. The van der Waals surface area contributed by atoms with Crippen LogP contribution in [0.1, 0.15) is 18.4 Å². The predicted molar refractivity (Wildman–Crippen MR) is 94.3 cm³/mol. The highest BCUT2D eigenvalue weighted by Gasteiger charge is 2.38. The molecule has 0 saturated carbocycles. The van der Waals surface area contributed by atoms with Crippen LogP contribution < -0.4 is 10.6 Å². The summed E-state index contributed by atoms with van der Waals surface area (Å²) in [5, 5.41) is 7.38. The highest BCUT2D eigenvalue weighted by Crippen LogP contribution is 2.35. The topological polar surface area (TPSA) is 27.3 Å². The fourth-order valence-corrected chi connectivity index (χ4v) is 3.75. The molecule has 0 aromatic heterocycles. The summed E-state index contributed by atoms with van der Waals surface area (Å²) in [6.07, 6.45) is 8.08. The summed E-state index contributed by atoms with van der Waals surface area (Å²) in [4.78, 5) is 2.53. The molecule has 3 aliphatic rings. The molecule has 3 saturated heterocycles. The lowest BCUT2D eigenvalue weighted by atomic mass is 9.76. The third-order valence-corrected chi connectivity index (χ3v) is 5.18. The highest BCUT2D eigenvalue weighted by molar-refractivity contribution is 7.80. The number of piperidine rings is 3. The SMILES string of the molecule is C#C[C@H]1CN2CC[C@H]1C[C@@H]2CNC(=S)NCc1ccccc1. The van der Waals surface area contributed by atoms with E-state index in [9.17, 15) is 0 Å². The number of terminal acetylenes is 1. The Hall–Kier alpha value is -1.57. The van der Waals surface area contributed by atoms with E-state index in [0.717, 1.165) is 24.7 Å². The van der Waals surface area contributed by atoms with Gasteiger partial charge >= 0.3 is 0 Å². The third kappa shape index (κ3) is 3.60. The maximum absolute atomic E-state index is 5.63. The Kier molecular flexibility index (Phi) is 4.97. The Morgan fingerprint density at radius 2 is 2.14 bits per heavy atom. The molecule has 0 radical (unpaired) electrons. The van der Waals surface area contributed by atoms with E-state index in [4.69, 9.17) is 18.6 Å². The van der Waals surface area contributed by atoms with Crippen LogP contribution in [-0.4, -0.2) is 35.7 Å². The van der Waals surface area contributed by atoms with Gasteiger partial charge in [0.05, 0.1) is 0 Å². The van der Waals surface area contributed by atoms with Gasteiger partial charge in [0.15, 0.2) is 5.11 Å². The predicted octanol–water partition coefficient (Wildman–Crippen LogP) is 1.99. The van der Waals surface area contributed by atoms with E-state index < -0.39 is 0 Å². The molecule has 4 atom stereocenters. The Morgan fingerprint density at radius 1 is 1.32 bits per heavy atom. The Morgan fingerprint density at radius 3 is 2.82 bits per heavy atom. The molecule has 2 bridgehead atoms. The minimum Gasteiger partial charge on any atom is -0.361 e. The monoisotopic (exact) mass is 313 g/mol. The van der Waals surface area contributed by atoms with Crippen molar-refractivity contribution in [1.29, 1.82) is 0 Å². The first kappa shape index (κ1) is 15.3. The lowest BCUT2D eigenvalue weighted by Gasteiger charge is -2.48. The van der Waals surface area contributed by atoms with Crippen LogP contribution in [-0.2, 0) is 6.54 Å². The van der Waals surface area contributed by atoms with Crippen molar-refractivity contribution in [3.63, 3.8) is 0 Å². The number of thiocarbonyl (C=S) groups is 1. The van der Waals surface area contributed by atoms with E-state index in [-0.39, 0.29) is 0 Å². The van der Waals surface area contributed by atoms with Crippen LogP contribution in [0.15, 0.2) is 30.3 Å². The lowest BCUT2D eigenvalue weighted by Crippen LogP contribution is -2.57. The van der Waals surface area contributed by atoms with Crippen LogP contribution >= 0.6 is 12.2 Å². The molecule has 0 amide bonds. The van der Waals surface area contributed by atoms with Gasteiger partial charge in [-0.1, -0.05) is 30.3 Å². The van der Waals surface area contributed by atoms with Gasteiger partial charge in [-0.25, -0.2) is 0 Å². The van der Waals surface area contributed by atoms with Crippen LogP contribution in [0.2, 0.25) is 0 Å². The fourth-order valence-electron chi connectivity index (χ4n) is 3.59. The summed E-state index contributed by atoms with van der Waals surface area (Å²) in [6, 6.07) is 10.9. The van der Waals surface area contributed by atoms with Gasteiger partial charge in [0.1, 0.15) is 0 Å². The summed E-state index contributed by atoms with van der Waals surface area (Å²) in [5.41, 5.74) is 1.24. The van der Waals surface area contributed by atoms with Crippen molar-refractivity contribution in [3.05, 3.63) is 35.9 Å². The van der Waals surface area contributed by atoms with Gasteiger partial charge in [-0.3, -0.25) is 4.90 Å². The molecule has 116 valence electrons. The number of hydrogen-bond acceptors (Lipinski definition) is 2. The standard InChI is InChI=1S/C18H23N3S/c1-2-15-13-21-9-8-16(15)10-17(21)12-20-18(22)19-11-14-6-4-3-5-7-14/h1,3-7,15-17H,8-13H2,(H2,19,20,22)/t15-,16-,17+/m0/s1. The second-order valence-corrected chi connectivity index (χ2v) is 6.66. The summed E-state index contributed by atoms with van der Waals surface area (Å²) >= 11 is 5.38. The molecule has 3 aliphatic heterocycles. The summed E-state index contributed by atoms with van der Waals surface area (Å²) < 4.78 is 0. The summed E-state index contributed by atoms with van der Waals surface area (Å²) in [6.45, 7) is 3.91. The van der Waals surface area contributed by atoms with Crippen molar-refractivity contribution in [2.24, 2.45) is 11.8 Å². The number of nitrogens with one attached hydrogen (secondary N) is 2. The van der Waals surface area contributed by atoms with Crippen LogP contribution in [0.5, 0.6) is 0 Å². The molecule has 4 rings (SSSR count). The van der Waals surface area contributed by atoms with Crippen molar-refractivity contribution in [2.75, 3.05) is 19.6 Å². The molecular formula is C18H23N3S. The molecular weight excluding hydrogens is 290 g/mol. The maximum Gasteiger partial charge on any atom is 0.166 e. The van der Waals surface area contributed by atoms with Gasteiger partial charge in [0.2, 0.25) is 0 Å². The van der Waals surface area contributed by atoms with Gasteiger partial charge in [0, 0.05) is 31.6 Å². The van der Waals surface area contributed by atoms with Gasteiger partial charge in [0.25, 0.3) is 0 Å². The number of benzene rings is 1. The van der Waals surface area contributed by atoms with Crippen LogP contribution in [0.3, 0.4) is 0 Å². The zero-order valence-corrected chi connectivity index (χ0v) is 13.6. The molecule has 0 aliphatic carbocycles. The van der Waals surface area contributed by atoms with Crippen molar-refractivity contribution < 1.29 is 0 Å². The largest absolute Gasteiger partial charge is 0.361 e. The van der Waals surface area contributed by atoms with Crippen LogP contribution in [0.4, 0.5) is 0 Å². The van der Waals surface area contributed by atoms with Crippen LogP contribution in [0, 0.1) is 24.2 Å². The van der Waals surface area contributed by atoms with E-state index in [2.05, 4.69) is 33.6 Å². The fraction of sp³-hybridized carbons (Fsp3) is 0.500. The van der Waals surface area contributed by atoms with Gasteiger partial charge < -0.3 is 10.6 Å². The number of hydrogen-bond donors (Lipinski definition) is 2. The zero-order chi connectivity index (χ0) is 15.4. The minimum absolute atomic E-state index is 0.452. The van der Waals surface area contributed by atoms with Gasteiger partial charge in [-0.05, 0) is 43.1 Å². The van der Waals surface area contributed by atoms with E-state index >= 15 is 0 Å². The molecule has 3 nitrogen and oxygen atoms in total. The van der Waals surface area contributed by atoms with E-state index in [1.807, 2.05) is 18.2 Å². The van der Waals surface area contributed by atoms with E-state index in [1.165, 1.54) is 24.9 Å². The van der Waals surface area contributed by atoms with E-state index in [0.29, 0.717) is 17.9 Å². The first-order valence-corrected chi connectivity index (χ1v) is 8.43. The Labute approximate surface area is 138 Å². The average Bonchev–Trinajstić information content (AvgIpc) is 2.59. The third-order valence-electron chi connectivity index (χ3n) is 4.89. The zero-order valence-electron chi connectivity index (χ0n) is 12.8. The first-order valence-electron chi connectivity index (χ1n) is 8.02. The second kappa shape index (κ2) is 7.13. The molecule has 4 heteroatoms. The van der Waals surface area contributed by atoms with Gasteiger partial charge in [-0.15, -0.1) is 12.3 Å². The van der Waals surface area contributed by atoms with Crippen molar-refractivity contribution in [2.45, 2.75) is 25.4 Å². The minimum atomic E-state index is 0.452. The molecule has 3 heterocycles. The van der Waals surface area contributed by atoms with Crippen molar-refractivity contribution in [1.82, 2.24) is 15.5 Å². The molecule has 0 spiro atoms. The number of rotatable bonds is 4. The molecule has 3 fully saturated rings. The van der Waals surface area contributed by atoms with Crippen LogP contribution in [0.25, 0.3) is 0 Å². The molecule has 1 unspecified atom stereocenters. The van der Waals surface area contributed by atoms with E-state index in [1.54, 1.807) is 0 Å².